The predicted molar refractivity (Wildman–Crippen MR) is 86.3 cm³/mol. The smallest absolute Gasteiger partial charge is 0.255 e. The van der Waals surface area contributed by atoms with Crippen molar-refractivity contribution in [3.05, 3.63) is 52.7 Å². The van der Waals surface area contributed by atoms with Crippen LogP contribution in [0.2, 0.25) is 0 Å². The molecule has 1 amide bonds. The number of aromatic nitrogens is 4. The SMILES string of the molecule is Cc1nc(-c2ccc3c(c2)CCC3NC(=O)c2c[nH]nc2C)no1. The molecule has 24 heavy (non-hydrogen) atoms. The van der Waals surface area contributed by atoms with Crippen LogP contribution < -0.4 is 5.32 Å². The largest absolute Gasteiger partial charge is 0.345 e. The van der Waals surface area contributed by atoms with Gasteiger partial charge in [-0.1, -0.05) is 17.3 Å². The fourth-order valence-electron chi connectivity index (χ4n) is 3.15. The molecule has 0 spiro atoms. The van der Waals surface area contributed by atoms with Gasteiger partial charge in [0.1, 0.15) is 0 Å². The first-order valence-corrected chi connectivity index (χ1v) is 7.86. The Morgan fingerprint density at radius 3 is 2.96 bits per heavy atom. The first kappa shape index (κ1) is 14.6. The molecule has 0 saturated heterocycles. The number of amides is 1. The lowest BCUT2D eigenvalue weighted by atomic mass is 10.0. The summed E-state index contributed by atoms with van der Waals surface area (Å²) >= 11 is 0. The molecule has 0 saturated carbocycles. The first-order chi connectivity index (χ1) is 11.6. The summed E-state index contributed by atoms with van der Waals surface area (Å²) in [5.74, 6) is 1.04. The zero-order chi connectivity index (χ0) is 16.7. The van der Waals surface area contributed by atoms with Crippen molar-refractivity contribution in [3.8, 4) is 11.4 Å². The van der Waals surface area contributed by atoms with Crippen molar-refractivity contribution in [2.45, 2.75) is 32.7 Å². The molecule has 1 atom stereocenters. The molecule has 2 N–H and O–H groups in total. The van der Waals surface area contributed by atoms with Gasteiger partial charge in [0, 0.05) is 18.7 Å². The fourth-order valence-corrected chi connectivity index (χ4v) is 3.15. The van der Waals surface area contributed by atoms with Gasteiger partial charge >= 0.3 is 0 Å². The van der Waals surface area contributed by atoms with Gasteiger partial charge < -0.3 is 9.84 Å². The molecular weight excluding hydrogens is 306 g/mol. The average molecular weight is 323 g/mol. The molecular formula is C17H17N5O2. The highest BCUT2D eigenvalue weighted by Crippen LogP contribution is 2.33. The number of hydrogen-bond donors (Lipinski definition) is 2. The molecule has 0 radical (unpaired) electrons. The lowest BCUT2D eigenvalue weighted by molar-refractivity contribution is 0.0936. The number of H-pyrrole nitrogens is 1. The van der Waals surface area contributed by atoms with E-state index in [9.17, 15) is 4.79 Å². The highest BCUT2D eigenvalue weighted by atomic mass is 16.5. The van der Waals surface area contributed by atoms with E-state index in [1.807, 2.05) is 19.1 Å². The van der Waals surface area contributed by atoms with Gasteiger partial charge in [-0.05, 0) is 37.0 Å². The Balaban J connectivity index is 1.56. The summed E-state index contributed by atoms with van der Waals surface area (Å²) in [6.07, 6.45) is 3.42. The van der Waals surface area contributed by atoms with Crippen molar-refractivity contribution in [1.29, 1.82) is 0 Å². The average Bonchev–Trinajstić information content (AvgIpc) is 3.27. The van der Waals surface area contributed by atoms with Gasteiger partial charge in [0.15, 0.2) is 0 Å². The number of rotatable bonds is 3. The van der Waals surface area contributed by atoms with E-state index in [0.717, 1.165) is 24.0 Å². The molecule has 2 aromatic heterocycles. The minimum absolute atomic E-state index is 0.0165. The monoisotopic (exact) mass is 323 g/mol. The van der Waals surface area contributed by atoms with Gasteiger partial charge in [0.25, 0.3) is 5.91 Å². The third kappa shape index (κ3) is 2.47. The Kier molecular flexibility index (Phi) is 3.41. The number of fused-ring (bicyclic) bond motifs is 1. The summed E-state index contributed by atoms with van der Waals surface area (Å²) in [6, 6.07) is 6.10. The molecule has 1 aliphatic rings. The van der Waals surface area contributed by atoms with E-state index in [1.54, 1.807) is 13.1 Å². The van der Waals surface area contributed by atoms with E-state index in [2.05, 4.69) is 31.7 Å². The maximum Gasteiger partial charge on any atom is 0.255 e. The predicted octanol–water partition coefficient (Wildman–Crippen LogP) is 2.49. The molecule has 122 valence electrons. The van der Waals surface area contributed by atoms with E-state index in [4.69, 9.17) is 4.52 Å². The van der Waals surface area contributed by atoms with E-state index >= 15 is 0 Å². The Labute approximate surface area is 138 Å². The third-order valence-electron chi connectivity index (χ3n) is 4.39. The molecule has 1 aliphatic carbocycles. The molecule has 7 heteroatoms. The summed E-state index contributed by atoms with van der Waals surface area (Å²) < 4.78 is 5.04. The number of carbonyl (C=O) groups excluding carboxylic acids is 1. The van der Waals surface area contributed by atoms with Crippen LogP contribution in [0.15, 0.2) is 28.9 Å². The van der Waals surface area contributed by atoms with Gasteiger partial charge in [0.2, 0.25) is 11.7 Å². The zero-order valence-electron chi connectivity index (χ0n) is 13.5. The lowest BCUT2D eigenvalue weighted by Gasteiger charge is -2.14. The number of aromatic amines is 1. The van der Waals surface area contributed by atoms with Crippen LogP contribution in [0, 0.1) is 13.8 Å². The molecule has 1 unspecified atom stereocenters. The number of carbonyl (C=O) groups is 1. The van der Waals surface area contributed by atoms with Crippen LogP contribution in [-0.2, 0) is 6.42 Å². The molecule has 3 aromatic rings. The standard InChI is InChI=1S/C17H17N5O2/c1-9-14(8-18-21-9)17(23)20-15-6-4-11-7-12(3-5-13(11)15)16-19-10(2)24-22-16/h3,5,7-8,15H,4,6H2,1-2H3,(H,18,21)(H,20,23). The molecule has 1 aromatic carbocycles. The van der Waals surface area contributed by atoms with Crippen LogP contribution >= 0.6 is 0 Å². The molecule has 0 aliphatic heterocycles. The van der Waals surface area contributed by atoms with Crippen molar-refractivity contribution in [1.82, 2.24) is 25.7 Å². The van der Waals surface area contributed by atoms with E-state index < -0.39 is 0 Å². The topological polar surface area (TPSA) is 96.7 Å². The van der Waals surface area contributed by atoms with Crippen molar-refractivity contribution in [3.63, 3.8) is 0 Å². The van der Waals surface area contributed by atoms with Crippen molar-refractivity contribution < 1.29 is 9.32 Å². The Morgan fingerprint density at radius 2 is 2.25 bits per heavy atom. The maximum absolute atomic E-state index is 12.4. The molecule has 2 heterocycles. The molecule has 4 rings (SSSR count). The first-order valence-electron chi connectivity index (χ1n) is 7.86. The van der Waals surface area contributed by atoms with E-state index in [1.165, 1.54) is 5.56 Å². The normalized spacial score (nSPS) is 16.2. The fraction of sp³-hybridized carbons (Fsp3) is 0.294. The number of nitrogens with zero attached hydrogens (tertiary/aromatic N) is 3. The van der Waals surface area contributed by atoms with Gasteiger partial charge in [-0.15, -0.1) is 0 Å². The van der Waals surface area contributed by atoms with Crippen LogP contribution in [0.3, 0.4) is 0 Å². The lowest BCUT2D eigenvalue weighted by Crippen LogP contribution is -2.27. The van der Waals surface area contributed by atoms with Gasteiger partial charge in [-0.2, -0.15) is 10.1 Å². The zero-order valence-corrected chi connectivity index (χ0v) is 13.5. The van der Waals surface area contributed by atoms with Crippen LogP contribution in [0.1, 0.15) is 45.5 Å². The molecule has 0 bridgehead atoms. The summed E-state index contributed by atoms with van der Waals surface area (Å²) in [5.41, 5.74) is 4.58. The van der Waals surface area contributed by atoms with Crippen LogP contribution in [0.25, 0.3) is 11.4 Å². The van der Waals surface area contributed by atoms with Crippen molar-refractivity contribution in [2.75, 3.05) is 0 Å². The summed E-state index contributed by atoms with van der Waals surface area (Å²) in [5, 5.41) is 13.8. The number of benzene rings is 1. The van der Waals surface area contributed by atoms with E-state index in [-0.39, 0.29) is 11.9 Å². The Hall–Kier alpha value is -2.96. The maximum atomic E-state index is 12.4. The van der Waals surface area contributed by atoms with Crippen LogP contribution in [-0.4, -0.2) is 26.2 Å². The third-order valence-corrected chi connectivity index (χ3v) is 4.39. The minimum atomic E-state index is -0.100. The quantitative estimate of drug-likeness (QED) is 0.772. The summed E-state index contributed by atoms with van der Waals surface area (Å²) in [4.78, 5) is 16.6. The van der Waals surface area contributed by atoms with Crippen LogP contribution in [0.4, 0.5) is 0 Å². The number of aryl methyl sites for hydroxylation is 3. The second-order valence-corrected chi connectivity index (χ2v) is 6.00. The highest BCUT2D eigenvalue weighted by molar-refractivity contribution is 5.95. The van der Waals surface area contributed by atoms with Crippen molar-refractivity contribution >= 4 is 5.91 Å². The van der Waals surface area contributed by atoms with Gasteiger partial charge in [0.05, 0.1) is 17.3 Å². The number of hydrogen-bond acceptors (Lipinski definition) is 5. The van der Waals surface area contributed by atoms with E-state index in [0.29, 0.717) is 23.0 Å². The van der Waals surface area contributed by atoms with Crippen LogP contribution in [0.5, 0.6) is 0 Å². The Bertz CT molecular complexity index is 911. The summed E-state index contributed by atoms with van der Waals surface area (Å²) in [6.45, 7) is 3.58. The minimum Gasteiger partial charge on any atom is -0.345 e. The molecule has 0 fully saturated rings. The van der Waals surface area contributed by atoms with Gasteiger partial charge in [-0.25, -0.2) is 0 Å². The summed E-state index contributed by atoms with van der Waals surface area (Å²) in [7, 11) is 0. The van der Waals surface area contributed by atoms with Crippen molar-refractivity contribution in [2.24, 2.45) is 0 Å². The molecule has 7 nitrogen and oxygen atoms in total. The number of nitrogens with one attached hydrogen (secondary N) is 2. The second kappa shape index (κ2) is 5.59. The van der Waals surface area contributed by atoms with Gasteiger partial charge in [-0.3, -0.25) is 9.89 Å². The second-order valence-electron chi connectivity index (χ2n) is 6.00. The Morgan fingerprint density at radius 1 is 1.38 bits per heavy atom. The highest BCUT2D eigenvalue weighted by Gasteiger charge is 2.26.